The molecule has 0 spiro atoms. The molecule has 2 N–H and O–H groups in total. The van der Waals surface area contributed by atoms with Crippen LogP contribution in [0.15, 0.2) is 35.2 Å². The van der Waals surface area contributed by atoms with Crippen molar-refractivity contribution in [2.75, 3.05) is 6.26 Å². The molecule has 0 amide bonds. The Bertz CT molecular complexity index is 624. The number of benzene rings is 1. The Labute approximate surface area is 122 Å². The zero-order valence-electron chi connectivity index (χ0n) is 12.4. The topological polar surface area (TPSA) is 60.9 Å². The summed E-state index contributed by atoms with van der Waals surface area (Å²) in [5, 5.41) is 4.56. The third-order valence-corrected chi connectivity index (χ3v) is 4.09. The number of nitrogens with zero attached hydrogens (tertiary/aromatic N) is 2. The van der Waals surface area contributed by atoms with Crippen LogP contribution in [0, 0.1) is 0 Å². The standard InChI is InChI=1S/C15H21N3OS/c1-15(2,3)14-9-11(10-16)17-18(14)12-5-7-13(8-6-12)20(4)19/h5-9H,10,16H2,1-4H3. The largest absolute Gasteiger partial charge is 0.325 e. The first-order valence-corrected chi connectivity index (χ1v) is 8.12. The van der Waals surface area contributed by atoms with Crippen LogP contribution >= 0.6 is 0 Å². The van der Waals surface area contributed by atoms with Gasteiger partial charge in [-0.25, -0.2) is 4.68 Å². The van der Waals surface area contributed by atoms with Gasteiger partial charge in [0.15, 0.2) is 0 Å². The summed E-state index contributed by atoms with van der Waals surface area (Å²) < 4.78 is 13.4. The molecular formula is C15H21N3OS. The van der Waals surface area contributed by atoms with E-state index < -0.39 is 10.8 Å². The van der Waals surface area contributed by atoms with E-state index in [2.05, 4.69) is 25.9 Å². The highest BCUT2D eigenvalue weighted by atomic mass is 32.2. The number of nitrogens with two attached hydrogens (primary N) is 1. The predicted octanol–water partition coefficient (Wildman–Crippen LogP) is 2.37. The van der Waals surface area contributed by atoms with E-state index in [9.17, 15) is 4.21 Å². The van der Waals surface area contributed by atoms with Gasteiger partial charge in [0.1, 0.15) is 0 Å². The molecule has 1 unspecified atom stereocenters. The van der Waals surface area contributed by atoms with Crippen molar-refractivity contribution in [3.63, 3.8) is 0 Å². The predicted molar refractivity (Wildman–Crippen MR) is 82.5 cm³/mol. The van der Waals surface area contributed by atoms with Crippen molar-refractivity contribution in [1.82, 2.24) is 9.78 Å². The first-order valence-electron chi connectivity index (χ1n) is 6.56. The molecule has 0 bridgehead atoms. The fourth-order valence-corrected chi connectivity index (χ4v) is 2.56. The summed E-state index contributed by atoms with van der Waals surface area (Å²) in [4.78, 5) is 0.817. The number of rotatable bonds is 3. The Morgan fingerprint density at radius 1 is 1.25 bits per heavy atom. The average molecular weight is 291 g/mol. The first kappa shape index (κ1) is 14.9. The second-order valence-corrected chi connectivity index (χ2v) is 7.21. The Morgan fingerprint density at radius 3 is 2.30 bits per heavy atom. The Kier molecular flexibility index (Phi) is 4.11. The molecule has 1 aromatic heterocycles. The van der Waals surface area contributed by atoms with Crippen LogP contribution in [0.1, 0.15) is 32.2 Å². The van der Waals surface area contributed by atoms with Crippen molar-refractivity contribution in [3.8, 4) is 5.69 Å². The first-order chi connectivity index (χ1) is 9.32. The van der Waals surface area contributed by atoms with Gasteiger partial charge < -0.3 is 5.73 Å². The molecule has 1 atom stereocenters. The van der Waals surface area contributed by atoms with Gasteiger partial charge in [-0.2, -0.15) is 5.10 Å². The molecule has 5 heteroatoms. The van der Waals surface area contributed by atoms with Crippen molar-refractivity contribution in [3.05, 3.63) is 41.7 Å². The third-order valence-electron chi connectivity index (χ3n) is 3.15. The van der Waals surface area contributed by atoms with Crippen LogP contribution in [-0.4, -0.2) is 20.2 Å². The number of hydrogen-bond donors (Lipinski definition) is 1. The van der Waals surface area contributed by atoms with E-state index >= 15 is 0 Å². The molecule has 0 radical (unpaired) electrons. The maximum absolute atomic E-state index is 11.4. The maximum atomic E-state index is 11.4. The zero-order valence-corrected chi connectivity index (χ0v) is 13.2. The SMILES string of the molecule is CS(=O)c1ccc(-n2nc(CN)cc2C(C)(C)C)cc1. The maximum Gasteiger partial charge on any atom is 0.0767 e. The van der Waals surface area contributed by atoms with Crippen LogP contribution in [-0.2, 0) is 22.8 Å². The van der Waals surface area contributed by atoms with E-state index in [0.717, 1.165) is 22.0 Å². The van der Waals surface area contributed by atoms with Crippen molar-refractivity contribution in [2.45, 2.75) is 37.6 Å². The van der Waals surface area contributed by atoms with Gasteiger partial charge >= 0.3 is 0 Å². The van der Waals surface area contributed by atoms with Gasteiger partial charge in [-0.1, -0.05) is 20.8 Å². The van der Waals surface area contributed by atoms with Crippen molar-refractivity contribution in [1.29, 1.82) is 0 Å². The van der Waals surface area contributed by atoms with Crippen LogP contribution in [0.5, 0.6) is 0 Å². The highest BCUT2D eigenvalue weighted by molar-refractivity contribution is 7.84. The van der Waals surface area contributed by atoms with Crippen molar-refractivity contribution < 1.29 is 4.21 Å². The van der Waals surface area contributed by atoms with Gasteiger partial charge in [0.05, 0.1) is 11.4 Å². The second-order valence-electron chi connectivity index (χ2n) is 5.83. The van der Waals surface area contributed by atoms with E-state index in [1.807, 2.05) is 35.0 Å². The van der Waals surface area contributed by atoms with Crippen LogP contribution < -0.4 is 5.73 Å². The summed E-state index contributed by atoms with van der Waals surface area (Å²) in [6.07, 6.45) is 1.68. The highest BCUT2D eigenvalue weighted by Gasteiger charge is 2.21. The molecule has 0 saturated carbocycles. The molecule has 1 aromatic carbocycles. The molecule has 0 fully saturated rings. The summed E-state index contributed by atoms with van der Waals surface area (Å²) in [5.74, 6) is 0. The molecule has 1 heterocycles. The summed E-state index contributed by atoms with van der Waals surface area (Å²) in [6, 6.07) is 9.69. The lowest BCUT2D eigenvalue weighted by molar-refractivity contribution is 0.543. The molecular weight excluding hydrogens is 270 g/mol. The Balaban J connectivity index is 2.51. The third kappa shape index (κ3) is 2.99. The van der Waals surface area contributed by atoms with Gasteiger partial charge in [-0.3, -0.25) is 4.21 Å². The van der Waals surface area contributed by atoms with Crippen LogP contribution in [0.3, 0.4) is 0 Å². The lowest BCUT2D eigenvalue weighted by Crippen LogP contribution is -2.17. The minimum atomic E-state index is -0.962. The van der Waals surface area contributed by atoms with Gasteiger partial charge in [0.25, 0.3) is 0 Å². The Hall–Kier alpha value is -1.46. The van der Waals surface area contributed by atoms with Crippen LogP contribution in [0.4, 0.5) is 0 Å². The van der Waals surface area contributed by atoms with Crippen molar-refractivity contribution in [2.24, 2.45) is 5.73 Å². The summed E-state index contributed by atoms with van der Waals surface area (Å²) in [7, 11) is -0.962. The molecule has 0 aliphatic rings. The highest BCUT2D eigenvalue weighted by Crippen LogP contribution is 2.26. The van der Waals surface area contributed by atoms with E-state index in [4.69, 9.17) is 5.73 Å². The van der Waals surface area contributed by atoms with Gasteiger partial charge in [-0.05, 0) is 30.3 Å². The Morgan fingerprint density at radius 2 is 1.85 bits per heavy atom. The number of aromatic nitrogens is 2. The molecule has 0 aliphatic heterocycles. The lowest BCUT2D eigenvalue weighted by atomic mass is 9.91. The van der Waals surface area contributed by atoms with E-state index in [1.165, 1.54) is 0 Å². The molecule has 0 saturated heterocycles. The quantitative estimate of drug-likeness (QED) is 0.944. The fraction of sp³-hybridized carbons (Fsp3) is 0.400. The molecule has 20 heavy (non-hydrogen) atoms. The monoisotopic (exact) mass is 291 g/mol. The fourth-order valence-electron chi connectivity index (χ4n) is 2.04. The normalized spacial score (nSPS) is 13.4. The average Bonchev–Trinajstić information content (AvgIpc) is 2.83. The summed E-state index contributed by atoms with van der Waals surface area (Å²) >= 11 is 0. The smallest absolute Gasteiger partial charge is 0.0767 e. The van der Waals surface area contributed by atoms with Gasteiger partial charge in [-0.15, -0.1) is 0 Å². The van der Waals surface area contributed by atoms with Gasteiger partial charge in [0, 0.05) is 39.6 Å². The molecule has 108 valence electrons. The van der Waals surface area contributed by atoms with E-state index in [-0.39, 0.29) is 5.41 Å². The molecule has 2 aromatic rings. The van der Waals surface area contributed by atoms with E-state index in [0.29, 0.717) is 6.54 Å². The second kappa shape index (κ2) is 5.50. The minimum Gasteiger partial charge on any atom is -0.325 e. The van der Waals surface area contributed by atoms with Crippen LogP contribution in [0.2, 0.25) is 0 Å². The minimum absolute atomic E-state index is 0.0212. The summed E-state index contributed by atoms with van der Waals surface area (Å²) in [6.45, 7) is 6.87. The zero-order chi connectivity index (χ0) is 14.9. The molecule has 0 aliphatic carbocycles. The van der Waals surface area contributed by atoms with E-state index in [1.54, 1.807) is 6.26 Å². The summed E-state index contributed by atoms with van der Waals surface area (Å²) in [5.41, 5.74) is 8.63. The molecule has 4 nitrogen and oxygen atoms in total. The van der Waals surface area contributed by atoms with Crippen LogP contribution in [0.25, 0.3) is 5.69 Å². The number of hydrogen-bond acceptors (Lipinski definition) is 3. The molecule has 2 rings (SSSR count). The lowest BCUT2D eigenvalue weighted by Gasteiger charge is -2.20. The van der Waals surface area contributed by atoms with Crippen molar-refractivity contribution >= 4 is 10.8 Å². The van der Waals surface area contributed by atoms with Gasteiger partial charge in [0.2, 0.25) is 0 Å².